The molecule has 0 amide bonds. The first-order valence-electron chi connectivity index (χ1n) is 15.4. The molecule has 0 radical (unpaired) electrons. The molecule has 2 heterocycles. The Kier molecular flexibility index (Phi) is 5.64. The van der Waals surface area contributed by atoms with Crippen molar-refractivity contribution in [2.24, 2.45) is 0 Å². The van der Waals surface area contributed by atoms with Crippen LogP contribution in [-0.4, -0.2) is 9.97 Å². The number of aromatic nitrogens is 2. The van der Waals surface area contributed by atoms with E-state index in [9.17, 15) is 0 Å². The van der Waals surface area contributed by atoms with Crippen molar-refractivity contribution in [1.29, 1.82) is 0 Å². The molecule has 5 aromatic carbocycles. The van der Waals surface area contributed by atoms with Crippen LogP contribution in [0.5, 0.6) is 0 Å². The third kappa shape index (κ3) is 3.78. The van der Waals surface area contributed by atoms with Gasteiger partial charge in [0, 0.05) is 26.6 Å². The molecule has 3 heteroatoms. The van der Waals surface area contributed by atoms with Gasteiger partial charge in [0.15, 0.2) is 5.82 Å². The molecule has 0 aliphatic heterocycles. The first-order valence-corrected chi connectivity index (χ1v) is 16.2. The largest absolute Gasteiger partial charge is 0.226 e. The first kappa shape index (κ1) is 24.9. The van der Waals surface area contributed by atoms with Crippen molar-refractivity contribution in [3.05, 3.63) is 132 Å². The van der Waals surface area contributed by atoms with Crippen molar-refractivity contribution in [3.63, 3.8) is 0 Å². The van der Waals surface area contributed by atoms with Gasteiger partial charge in [0.2, 0.25) is 0 Å². The summed E-state index contributed by atoms with van der Waals surface area (Å²) in [5.41, 5.74) is 12.9. The fraction of sp³-hybridized carbons (Fsp3) is 0.150. The van der Waals surface area contributed by atoms with E-state index in [-0.39, 0.29) is 5.41 Å². The Labute approximate surface area is 255 Å². The number of hydrogen-bond donors (Lipinski definition) is 0. The number of fused-ring (bicyclic) bond motifs is 8. The van der Waals surface area contributed by atoms with Gasteiger partial charge in [0.05, 0.1) is 15.9 Å². The Morgan fingerprint density at radius 2 is 1.23 bits per heavy atom. The molecule has 2 aliphatic rings. The van der Waals surface area contributed by atoms with Crippen LogP contribution in [0.25, 0.3) is 65.2 Å². The predicted octanol–water partition coefficient (Wildman–Crippen LogP) is 11.1. The van der Waals surface area contributed by atoms with Gasteiger partial charge in [-0.05, 0) is 52.3 Å². The summed E-state index contributed by atoms with van der Waals surface area (Å²) in [5.74, 6) is 0.769. The Hall–Kier alpha value is -4.60. The number of benzene rings is 5. The summed E-state index contributed by atoms with van der Waals surface area (Å²) in [6.45, 7) is 0. The minimum Gasteiger partial charge on any atom is -0.226 e. The monoisotopic (exact) mass is 570 g/mol. The van der Waals surface area contributed by atoms with Gasteiger partial charge in [-0.1, -0.05) is 135 Å². The van der Waals surface area contributed by atoms with Gasteiger partial charge in [0.25, 0.3) is 0 Å². The Morgan fingerprint density at radius 3 is 2.09 bits per heavy atom. The third-order valence-electron chi connectivity index (χ3n) is 9.72. The molecule has 0 atom stereocenters. The summed E-state index contributed by atoms with van der Waals surface area (Å²) in [5, 5.41) is 1.19. The maximum absolute atomic E-state index is 5.18. The van der Waals surface area contributed by atoms with Gasteiger partial charge < -0.3 is 0 Å². The number of rotatable bonds is 3. The molecule has 9 rings (SSSR count). The van der Waals surface area contributed by atoms with Crippen LogP contribution in [0.2, 0.25) is 0 Å². The summed E-state index contributed by atoms with van der Waals surface area (Å²) in [4.78, 5) is 10.3. The lowest BCUT2D eigenvalue weighted by Gasteiger charge is -2.36. The highest BCUT2D eigenvalue weighted by molar-refractivity contribution is 7.26. The standard InChI is InChI=1S/C40H30N2S/c1-3-12-28(13-4-1)39-41-36(38-37(42-39)31-15-6-8-19-34(31)43-38)27-22-20-26(21-23-27)29-16-11-18-33-35(29)30-14-5-7-17-32(30)40(33)24-9-2-10-25-40/h1,3-8,11-23H,2,9-10,24-25H2. The Morgan fingerprint density at radius 1 is 0.535 bits per heavy atom. The zero-order chi connectivity index (χ0) is 28.4. The van der Waals surface area contributed by atoms with Crippen LogP contribution in [0, 0.1) is 0 Å². The van der Waals surface area contributed by atoms with Gasteiger partial charge in [-0.25, -0.2) is 9.97 Å². The quantitative estimate of drug-likeness (QED) is 0.211. The van der Waals surface area contributed by atoms with Crippen LogP contribution in [-0.2, 0) is 5.41 Å². The zero-order valence-corrected chi connectivity index (χ0v) is 24.7. The molecular formula is C40H30N2S. The minimum absolute atomic E-state index is 0.168. The van der Waals surface area contributed by atoms with Crippen molar-refractivity contribution in [3.8, 4) is 44.9 Å². The van der Waals surface area contributed by atoms with Crippen LogP contribution in [0.4, 0.5) is 0 Å². The fourth-order valence-electron chi connectivity index (χ4n) is 7.75. The lowest BCUT2D eigenvalue weighted by atomic mass is 9.68. The predicted molar refractivity (Wildman–Crippen MR) is 181 cm³/mol. The van der Waals surface area contributed by atoms with Crippen LogP contribution in [0.3, 0.4) is 0 Å². The molecule has 0 unspecified atom stereocenters. The molecular weight excluding hydrogens is 541 g/mol. The second-order valence-electron chi connectivity index (χ2n) is 12.0. The molecule has 7 aromatic rings. The molecule has 43 heavy (non-hydrogen) atoms. The normalized spacial score (nSPS) is 15.2. The van der Waals surface area contributed by atoms with E-state index in [0.717, 1.165) is 32.9 Å². The van der Waals surface area contributed by atoms with Crippen LogP contribution in [0.1, 0.15) is 43.2 Å². The lowest BCUT2D eigenvalue weighted by Crippen LogP contribution is -2.27. The Balaban J connectivity index is 1.20. The average molecular weight is 571 g/mol. The highest BCUT2D eigenvalue weighted by Crippen LogP contribution is 2.57. The molecule has 2 nitrogen and oxygen atoms in total. The van der Waals surface area contributed by atoms with Gasteiger partial charge in [0.1, 0.15) is 0 Å². The first-order chi connectivity index (χ1) is 21.3. The minimum atomic E-state index is 0.168. The highest BCUT2D eigenvalue weighted by atomic mass is 32.1. The van der Waals surface area contributed by atoms with Crippen molar-refractivity contribution in [2.45, 2.75) is 37.5 Å². The van der Waals surface area contributed by atoms with E-state index in [1.807, 2.05) is 6.07 Å². The summed E-state index contributed by atoms with van der Waals surface area (Å²) in [6.07, 6.45) is 6.47. The van der Waals surface area contributed by atoms with E-state index >= 15 is 0 Å². The second kappa shape index (κ2) is 9.72. The maximum Gasteiger partial charge on any atom is 0.160 e. The molecule has 0 bridgehead atoms. The van der Waals surface area contributed by atoms with E-state index in [0.29, 0.717) is 0 Å². The Bertz CT molecular complexity index is 2150. The number of thiophene rings is 1. The van der Waals surface area contributed by atoms with E-state index < -0.39 is 0 Å². The molecule has 0 N–H and O–H groups in total. The van der Waals surface area contributed by atoms with Gasteiger partial charge in [-0.2, -0.15) is 0 Å². The summed E-state index contributed by atoms with van der Waals surface area (Å²) in [6, 6.07) is 44.2. The van der Waals surface area contributed by atoms with E-state index in [4.69, 9.17) is 9.97 Å². The molecule has 1 spiro atoms. The molecule has 0 saturated heterocycles. The van der Waals surface area contributed by atoms with Crippen molar-refractivity contribution in [1.82, 2.24) is 9.97 Å². The lowest BCUT2D eigenvalue weighted by molar-refractivity contribution is 0.353. The SMILES string of the molecule is c1ccc(-c2nc(-c3ccc(-c4cccc5c4-c4ccccc4C54CCCCC4)cc3)c3sc4ccccc4c3n2)cc1. The summed E-state index contributed by atoms with van der Waals surface area (Å²) < 4.78 is 2.38. The third-order valence-corrected chi connectivity index (χ3v) is 10.9. The van der Waals surface area contributed by atoms with Gasteiger partial charge in [-0.3, -0.25) is 0 Å². The molecule has 2 aromatic heterocycles. The van der Waals surface area contributed by atoms with Crippen LogP contribution >= 0.6 is 11.3 Å². The van der Waals surface area contributed by atoms with Gasteiger partial charge >= 0.3 is 0 Å². The van der Waals surface area contributed by atoms with Crippen LogP contribution in [0.15, 0.2) is 121 Å². The number of nitrogens with zero attached hydrogens (tertiary/aromatic N) is 2. The van der Waals surface area contributed by atoms with Crippen molar-refractivity contribution >= 4 is 31.6 Å². The van der Waals surface area contributed by atoms with E-state index in [1.54, 1.807) is 11.3 Å². The van der Waals surface area contributed by atoms with E-state index in [2.05, 4.69) is 115 Å². The average Bonchev–Trinajstić information content (AvgIpc) is 3.59. The molecule has 1 fully saturated rings. The zero-order valence-electron chi connectivity index (χ0n) is 23.9. The second-order valence-corrected chi connectivity index (χ2v) is 13.1. The summed E-state index contributed by atoms with van der Waals surface area (Å²) >= 11 is 1.78. The molecule has 1 saturated carbocycles. The van der Waals surface area contributed by atoms with Crippen LogP contribution < -0.4 is 0 Å². The fourth-order valence-corrected chi connectivity index (χ4v) is 8.90. The summed E-state index contributed by atoms with van der Waals surface area (Å²) in [7, 11) is 0. The van der Waals surface area contributed by atoms with E-state index in [1.165, 1.54) is 75.6 Å². The maximum atomic E-state index is 5.18. The topological polar surface area (TPSA) is 25.8 Å². The van der Waals surface area contributed by atoms with Crippen molar-refractivity contribution < 1.29 is 0 Å². The highest BCUT2D eigenvalue weighted by Gasteiger charge is 2.44. The van der Waals surface area contributed by atoms with Crippen molar-refractivity contribution in [2.75, 3.05) is 0 Å². The van der Waals surface area contributed by atoms with Gasteiger partial charge in [-0.15, -0.1) is 11.3 Å². The number of hydrogen-bond acceptors (Lipinski definition) is 3. The molecule has 206 valence electrons. The smallest absolute Gasteiger partial charge is 0.160 e. The molecule has 2 aliphatic carbocycles.